The highest BCUT2D eigenvalue weighted by molar-refractivity contribution is 5.77. The fourth-order valence-electron chi connectivity index (χ4n) is 2.11. The summed E-state index contributed by atoms with van der Waals surface area (Å²) >= 11 is 0. The number of aryl methyl sites for hydroxylation is 1. The summed E-state index contributed by atoms with van der Waals surface area (Å²) in [5.41, 5.74) is 1.22. The second kappa shape index (κ2) is 7.14. The number of carbonyl (C=O) groups is 1. The van der Waals surface area contributed by atoms with Crippen molar-refractivity contribution in [3.05, 3.63) is 23.8 Å². The summed E-state index contributed by atoms with van der Waals surface area (Å²) < 4.78 is 10.6. The van der Waals surface area contributed by atoms with Crippen molar-refractivity contribution in [1.29, 1.82) is 0 Å². The van der Waals surface area contributed by atoms with E-state index >= 15 is 0 Å². The molecule has 2 N–H and O–H groups in total. The van der Waals surface area contributed by atoms with E-state index in [1.54, 1.807) is 0 Å². The zero-order valence-corrected chi connectivity index (χ0v) is 12.1. The predicted octanol–water partition coefficient (Wildman–Crippen LogP) is 1.46. The molecule has 2 rings (SSSR count). The minimum atomic E-state index is 0.0439. The Morgan fingerprint density at radius 1 is 1.35 bits per heavy atom. The fraction of sp³-hybridized carbons (Fsp3) is 0.533. The minimum Gasteiger partial charge on any atom is -0.454 e. The Morgan fingerprint density at radius 3 is 2.95 bits per heavy atom. The lowest BCUT2D eigenvalue weighted by Crippen LogP contribution is -2.38. The van der Waals surface area contributed by atoms with Crippen molar-refractivity contribution in [1.82, 2.24) is 10.6 Å². The molecule has 1 unspecified atom stereocenters. The second-order valence-electron chi connectivity index (χ2n) is 4.96. The van der Waals surface area contributed by atoms with Crippen LogP contribution in [0.3, 0.4) is 0 Å². The standard InChI is InChI=1S/C15H22N2O3/c1-3-16-15(18)9-17-11(2)4-5-12-6-7-13-14(8-12)20-10-19-13/h6-8,11,17H,3-5,9-10H2,1-2H3,(H,16,18). The van der Waals surface area contributed by atoms with Gasteiger partial charge in [0.05, 0.1) is 6.54 Å². The molecule has 0 bridgehead atoms. The largest absolute Gasteiger partial charge is 0.454 e. The van der Waals surface area contributed by atoms with E-state index in [1.807, 2.05) is 19.1 Å². The SMILES string of the molecule is CCNC(=O)CNC(C)CCc1ccc2c(c1)OCO2. The van der Waals surface area contributed by atoms with Crippen molar-refractivity contribution in [3.8, 4) is 11.5 Å². The molecule has 5 heteroatoms. The molecule has 0 spiro atoms. The minimum absolute atomic E-state index is 0.0439. The first-order chi connectivity index (χ1) is 9.69. The van der Waals surface area contributed by atoms with Gasteiger partial charge in [-0.3, -0.25) is 4.79 Å². The first-order valence-electron chi connectivity index (χ1n) is 7.07. The van der Waals surface area contributed by atoms with Crippen LogP contribution in [0.15, 0.2) is 18.2 Å². The third kappa shape index (κ3) is 4.13. The Kier molecular flexibility index (Phi) is 5.24. The van der Waals surface area contributed by atoms with Gasteiger partial charge in [0.2, 0.25) is 12.7 Å². The van der Waals surface area contributed by atoms with Gasteiger partial charge in [-0.05, 0) is 44.4 Å². The van der Waals surface area contributed by atoms with Crippen LogP contribution >= 0.6 is 0 Å². The number of carbonyl (C=O) groups excluding carboxylic acids is 1. The highest BCUT2D eigenvalue weighted by Crippen LogP contribution is 2.32. The van der Waals surface area contributed by atoms with E-state index in [2.05, 4.69) is 23.6 Å². The topological polar surface area (TPSA) is 59.6 Å². The van der Waals surface area contributed by atoms with Crippen LogP contribution < -0.4 is 20.1 Å². The maximum atomic E-state index is 11.3. The smallest absolute Gasteiger partial charge is 0.233 e. The van der Waals surface area contributed by atoms with E-state index < -0.39 is 0 Å². The van der Waals surface area contributed by atoms with Gasteiger partial charge in [0, 0.05) is 12.6 Å². The van der Waals surface area contributed by atoms with Gasteiger partial charge in [-0.25, -0.2) is 0 Å². The zero-order chi connectivity index (χ0) is 14.4. The van der Waals surface area contributed by atoms with Gasteiger partial charge in [-0.1, -0.05) is 6.07 Å². The van der Waals surface area contributed by atoms with E-state index in [4.69, 9.17) is 9.47 Å². The normalized spacial score (nSPS) is 14.1. The Balaban J connectivity index is 1.73. The average Bonchev–Trinajstić information content (AvgIpc) is 2.90. The van der Waals surface area contributed by atoms with E-state index in [9.17, 15) is 4.79 Å². The first kappa shape index (κ1) is 14.7. The van der Waals surface area contributed by atoms with Crippen LogP contribution in [-0.2, 0) is 11.2 Å². The number of nitrogens with one attached hydrogen (secondary N) is 2. The van der Waals surface area contributed by atoms with Crippen molar-refractivity contribution >= 4 is 5.91 Å². The first-order valence-corrected chi connectivity index (χ1v) is 7.07. The van der Waals surface area contributed by atoms with E-state index in [1.165, 1.54) is 5.56 Å². The molecule has 0 saturated heterocycles. The molecule has 20 heavy (non-hydrogen) atoms. The third-order valence-corrected chi connectivity index (χ3v) is 3.29. The summed E-state index contributed by atoms with van der Waals surface area (Å²) in [6.07, 6.45) is 1.92. The summed E-state index contributed by atoms with van der Waals surface area (Å²) in [4.78, 5) is 11.3. The number of rotatable bonds is 7. The molecule has 110 valence electrons. The number of ether oxygens (including phenoxy) is 2. The third-order valence-electron chi connectivity index (χ3n) is 3.29. The lowest BCUT2D eigenvalue weighted by Gasteiger charge is -2.13. The molecule has 1 aliphatic heterocycles. The number of likely N-dealkylation sites (N-methyl/N-ethyl adjacent to an activating group) is 1. The van der Waals surface area contributed by atoms with Gasteiger partial charge in [0.1, 0.15) is 0 Å². The Hall–Kier alpha value is -1.75. The van der Waals surface area contributed by atoms with Crippen molar-refractivity contribution < 1.29 is 14.3 Å². The summed E-state index contributed by atoms with van der Waals surface area (Å²) in [5, 5.41) is 5.99. The van der Waals surface area contributed by atoms with Gasteiger partial charge in [0.15, 0.2) is 11.5 Å². The summed E-state index contributed by atoms with van der Waals surface area (Å²) in [5.74, 6) is 1.68. The molecule has 1 heterocycles. The highest BCUT2D eigenvalue weighted by atomic mass is 16.7. The van der Waals surface area contributed by atoms with Crippen LogP contribution in [0.25, 0.3) is 0 Å². The average molecular weight is 278 g/mol. The molecule has 0 fully saturated rings. The molecule has 1 atom stereocenters. The fourth-order valence-corrected chi connectivity index (χ4v) is 2.11. The summed E-state index contributed by atoms with van der Waals surface area (Å²) in [6, 6.07) is 6.33. The lowest BCUT2D eigenvalue weighted by atomic mass is 10.1. The molecule has 0 aliphatic carbocycles. The zero-order valence-electron chi connectivity index (χ0n) is 12.1. The van der Waals surface area contributed by atoms with E-state index in [0.717, 1.165) is 24.3 Å². The molecule has 1 amide bonds. The van der Waals surface area contributed by atoms with Crippen LogP contribution in [0.5, 0.6) is 11.5 Å². The molecule has 1 aromatic rings. The van der Waals surface area contributed by atoms with Crippen molar-refractivity contribution in [2.45, 2.75) is 32.7 Å². The van der Waals surface area contributed by atoms with Crippen molar-refractivity contribution in [3.63, 3.8) is 0 Å². The molecule has 5 nitrogen and oxygen atoms in total. The monoisotopic (exact) mass is 278 g/mol. The molecule has 0 radical (unpaired) electrons. The maximum absolute atomic E-state index is 11.3. The Bertz CT molecular complexity index is 462. The number of hydrogen-bond acceptors (Lipinski definition) is 4. The number of amides is 1. The van der Waals surface area contributed by atoms with Crippen LogP contribution in [0, 0.1) is 0 Å². The van der Waals surface area contributed by atoms with Crippen molar-refractivity contribution in [2.75, 3.05) is 19.9 Å². The van der Waals surface area contributed by atoms with Crippen LogP contribution in [0.1, 0.15) is 25.8 Å². The quantitative estimate of drug-likeness (QED) is 0.793. The van der Waals surface area contributed by atoms with Gasteiger partial charge in [-0.2, -0.15) is 0 Å². The molecular weight excluding hydrogens is 256 g/mol. The predicted molar refractivity (Wildman–Crippen MR) is 77.0 cm³/mol. The number of hydrogen-bond donors (Lipinski definition) is 2. The van der Waals surface area contributed by atoms with Crippen molar-refractivity contribution in [2.24, 2.45) is 0 Å². The van der Waals surface area contributed by atoms with Crippen LogP contribution in [0.2, 0.25) is 0 Å². The van der Waals surface area contributed by atoms with E-state index in [-0.39, 0.29) is 5.91 Å². The maximum Gasteiger partial charge on any atom is 0.233 e. The molecule has 1 aliphatic rings. The highest BCUT2D eigenvalue weighted by Gasteiger charge is 2.13. The van der Waals surface area contributed by atoms with Gasteiger partial charge in [-0.15, -0.1) is 0 Å². The number of benzene rings is 1. The molecule has 1 aromatic carbocycles. The lowest BCUT2D eigenvalue weighted by molar-refractivity contribution is -0.120. The molecular formula is C15H22N2O3. The van der Waals surface area contributed by atoms with Crippen LogP contribution in [0.4, 0.5) is 0 Å². The Labute approximate surface area is 119 Å². The number of fused-ring (bicyclic) bond motifs is 1. The van der Waals surface area contributed by atoms with Gasteiger partial charge < -0.3 is 20.1 Å². The van der Waals surface area contributed by atoms with Gasteiger partial charge >= 0.3 is 0 Å². The Morgan fingerprint density at radius 2 is 2.15 bits per heavy atom. The summed E-state index contributed by atoms with van der Waals surface area (Å²) in [7, 11) is 0. The molecule has 0 saturated carbocycles. The van der Waals surface area contributed by atoms with Gasteiger partial charge in [0.25, 0.3) is 0 Å². The summed E-state index contributed by atoms with van der Waals surface area (Å²) in [6.45, 7) is 5.36. The second-order valence-corrected chi connectivity index (χ2v) is 4.96. The molecule has 0 aromatic heterocycles. The van der Waals surface area contributed by atoms with E-state index in [0.29, 0.717) is 25.9 Å². The van der Waals surface area contributed by atoms with Crippen LogP contribution in [-0.4, -0.2) is 31.8 Å².